The highest BCUT2D eigenvalue weighted by Crippen LogP contribution is 2.30. The molecule has 1 aromatic rings. The average molecular weight is 306 g/mol. The fourth-order valence-corrected chi connectivity index (χ4v) is 1.84. The first-order valence-corrected chi connectivity index (χ1v) is 6.66. The van der Waals surface area contributed by atoms with Crippen molar-refractivity contribution in [3.63, 3.8) is 0 Å². The van der Waals surface area contributed by atoms with Gasteiger partial charge in [-0.05, 0) is 31.3 Å². The molecule has 0 aromatic heterocycles. The van der Waals surface area contributed by atoms with E-state index < -0.39 is 29.0 Å². The van der Waals surface area contributed by atoms with E-state index in [1.54, 1.807) is 0 Å². The topological polar surface area (TPSA) is 32.3 Å². The third-order valence-electron chi connectivity index (χ3n) is 3.15. The van der Waals surface area contributed by atoms with Crippen molar-refractivity contribution in [3.05, 3.63) is 35.1 Å². The SMILES string of the molecule is CCN(CC)CCNC(=O)c1cc(C(F)(F)F)ccc1F. The summed E-state index contributed by atoms with van der Waals surface area (Å²) in [5, 5.41) is 2.43. The lowest BCUT2D eigenvalue weighted by Gasteiger charge is -2.18. The molecular formula is C14H18F4N2O. The number of likely N-dealkylation sites (N-methyl/N-ethyl adjacent to an activating group) is 1. The van der Waals surface area contributed by atoms with Gasteiger partial charge in [-0.15, -0.1) is 0 Å². The fourth-order valence-electron chi connectivity index (χ4n) is 1.84. The third kappa shape index (κ3) is 5.00. The fraction of sp³-hybridized carbons (Fsp3) is 0.500. The lowest BCUT2D eigenvalue weighted by atomic mass is 10.1. The number of nitrogens with one attached hydrogen (secondary N) is 1. The summed E-state index contributed by atoms with van der Waals surface area (Å²) < 4.78 is 51.1. The zero-order chi connectivity index (χ0) is 16.0. The first-order valence-electron chi connectivity index (χ1n) is 6.66. The maximum atomic E-state index is 13.5. The maximum Gasteiger partial charge on any atom is 0.416 e. The highest BCUT2D eigenvalue weighted by Gasteiger charge is 2.31. The minimum absolute atomic E-state index is 0.246. The number of nitrogens with zero attached hydrogens (tertiary/aromatic N) is 1. The standard InChI is InChI=1S/C14H18F4N2O/c1-3-20(4-2)8-7-19-13(21)11-9-10(14(16,17)18)5-6-12(11)15/h5-6,9H,3-4,7-8H2,1-2H3,(H,19,21). The van der Waals surface area contributed by atoms with E-state index in [1.165, 1.54) is 0 Å². The normalized spacial score (nSPS) is 11.8. The molecule has 0 saturated heterocycles. The smallest absolute Gasteiger partial charge is 0.351 e. The summed E-state index contributed by atoms with van der Waals surface area (Å²) in [5.41, 5.74) is -1.64. The van der Waals surface area contributed by atoms with Crippen LogP contribution in [0.3, 0.4) is 0 Å². The van der Waals surface area contributed by atoms with Crippen LogP contribution in [-0.4, -0.2) is 37.0 Å². The number of carbonyl (C=O) groups is 1. The molecule has 1 rings (SSSR count). The van der Waals surface area contributed by atoms with E-state index >= 15 is 0 Å². The molecule has 1 aromatic carbocycles. The van der Waals surface area contributed by atoms with Crippen molar-refractivity contribution in [2.45, 2.75) is 20.0 Å². The maximum absolute atomic E-state index is 13.5. The summed E-state index contributed by atoms with van der Waals surface area (Å²) >= 11 is 0. The Labute approximate surface area is 120 Å². The predicted molar refractivity (Wildman–Crippen MR) is 71.5 cm³/mol. The van der Waals surface area contributed by atoms with Gasteiger partial charge in [-0.3, -0.25) is 4.79 Å². The van der Waals surface area contributed by atoms with Gasteiger partial charge >= 0.3 is 6.18 Å². The molecule has 1 amide bonds. The van der Waals surface area contributed by atoms with Crippen molar-refractivity contribution in [2.75, 3.05) is 26.2 Å². The van der Waals surface area contributed by atoms with E-state index in [0.29, 0.717) is 24.7 Å². The molecule has 118 valence electrons. The molecule has 7 heteroatoms. The number of benzene rings is 1. The largest absolute Gasteiger partial charge is 0.416 e. The highest BCUT2D eigenvalue weighted by atomic mass is 19.4. The lowest BCUT2D eigenvalue weighted by Crippen LogP contribution is -2.35. The van der Waals surface area contributed by atoms with Crippen molar-refractivity contribution in [1.82, 2.24) is 10.2 Å². The Bertz CT molecular complexity index is 484. The Balaban J connectivity index is 2.74. The molecule has 0 unspecified atom stereocenters. The molecule has 21 heavy (non-hydrogen) atoms. The predicted octanol–water partition coefficient (Wildman–Crippen LogP) is 2.92. The molecular weight excluding hydrogens is 288 g/mol. The Morgan fingerprint density at radius 1 is 1.24 bits per heavy atom. The van der Waals surface area contributed by atoms with Crippen molar-refractivity contribution in [2.24, 2.45) is 0 Å². The molecule has 0 radical (unpaired) electrons. The van der Waals surface area contributed by atoms with Gasteiger partial charge in [0, 0.05) is 13.1 Å². The number of hydrogen-bond acceptors (Lipinski definition) is 2. The third-order valence-corrected chi connectivity index (χ3v) is 3.15. The quantitative estimate of drug-likeness (QED) is 0.820. The van der Waals surface area contributed by atoms with E-state index in [-0.39, 0.29) is 6.54 Å². The first-order chi connectivity index (χ1) is 9.79. The second kappa shape index (κ2) is 7.40. The first kappa shape index (κ1) is 17.4. The zero-order valence-electron chi connectivity index (χ0n) is 11.9. The Hall–Kier alpha value is -1.63. The summed E-state index contributed by atoms with van der Waals surface area (Å²) in [6.07, 6.45) is -4.61. The molecule has 0 heterocycles. The summed E-state index contributed by atoms with van der Waals surface area (Å²) in [4.78, 5) is 13.8. The molecule has 0 saturated carbocycles. The Morgan fingerprint density at radius 2 is 1.86 bits per heavy atom. The van der Waals surface area contributed by atoms with Crippen molar-refractivity contribution in [3.8, 4) is 0 Å². The Morgan fingerprint density at radius 3 is 2.38 bits per heavy atom. The minimum Gasteiger partial charge on any atom is -0.351 e. The number of rotatable bonds is 6. The van der Waals surface area contributed by atoms with Crippen LogP contribution in [0.4, 0.5) is 17.6 Å². The second-order valence-electron chi connectivity index (χ2n) is 4.48. The molecule has 0 aliphatic rings. The van der Waals surface area contributed by atoms with Gasteiger partial charge in [-0.2, -0.15) is 13.2 Å². The van der Waals surface area contributed by atoms with Crippen LogP contribution in [0.1, 0.15) is 29.8 Å². The summed E-state index contributed by atoms with van der Waals surface area (Å²) in [6, 6.07) is 1.80. The van der Waals surface area contributed by atoms with Gasteiger partial charge in [0.15, 0.2) is 0 Å². The lowest BCUT2D eigenvalue weighted by molar-refractivity contribution is -0.137. The van der Waals surface area contributed by atoms with Crippen LogP contribution in [0.25, 0.3) is 0 Å². The van der Waals surface area contributed by atoms with Gasteiger partial charge in [-0.1, -0.05) is 13.8 Å². The summed E-state index contributed by atoms with van der Waals surface area (Å²) in [6.45, 7) is 6.31. The minimum atomic E-state index is -4.61. The number of halogens is 4. The van der Waals surface area contributed by atoms with Crippen LogP contribution in [0.15, 0.2) is 18.2 Å². The van der Waals surface area contributed by atoms with Gasteiger partial charge in [0.05, 0.1) is 11.1 Å². The van der Waals surface area contributed by atoms with Gasteiger partial charge in [0.2, 0.25) is 0 Å². The van der Waals surface area contributed by atoms with Gasteiger partial charge < -0.3 is 10.2 Å². The number of carbonyl (C=O) groups excluding carboxylic acids is 1. The molecule has 3 nitrogen and oxygen atoms in total. The van der Waals surface area contributed by atoms with Crippen molar-refractivity contribution >= 4 is 5.91 Å². The molecule has 1 N–H and O–H groups in total. The number of amides is 1. The van der Waals surface area contributed by atoms with E-state index in [4.69, 9.17) is 0 Å². The molecule has 0 atom stereocenters. The molecule has 0 aliphatic carbocycles. The van der Waals surface area contributed by atoms with E-state index in [1.807, 2.05) is 18.7 Å². The molecule has 0 aliphatic heterocycles. The van der Waals surface area contributed by atoms with Crippen LogP contribution in [0.5, 0.6) is 0 Å². The second-order valence-corrected chi connectivity index (χ2v) is 4.48. The van der Waals surface area contributed by atoms with Crippen molar-refractivity contribution < 1.29 is 22.4 Å². The Kier molecular flexibility index (Phi) is 6.14. The van der Waals surface area contributed by atoms with Gasteiger partial charge in [-0.25, -0.2) is 4.39 Å². The van der Waals surface area contributed by atoms with Gasteiger partial charge in [0.1, 0.15) is 5.82 Å². The molecule has 0 bridgehead atoms. The van der Waals surface area contributed by atoms with Gasteiger partial charge in [0.25, 0.3) is 5.91 Å². The van der Waals surface area contributed by atoms with Crippen LogP contribution >= 0.6 is 0 Å². The van der Waals surface area contributed by atoms with E-state index in [0.717, 1.165) is 13.1 Å². The summed E-state index contributed by atoms with van der Waals surface area (Å²) in [7, 11) is 0. The van der Waals surface area contributed by atoms with Crippen LogP contribution < -0.4 is 5.32 Å². The monoisotopic (exact) mass is 306 g/mol. The van der Waals surface area contributed by atoms with Crippen LogP contribution in [-0.2, 0) is 6.18 Å². The van der Waals surface area contributed by atoms with Crippen LogP contribution in [0.2, 0.25) is 0 Å². The van der Waals surface area contributed by atoms with E-state index in [9.17, 15) is 22.4 Å². The van der Waals surface area contributed by atoms with Crippen molar-refractivity contribution in [1.29, 1.82) is 0 Å². The highest BCUT2D eigenvalue weighted by molar-refractivity contribution is 5.94. The average Bonchev–Trinajstić information content (AvgIpc) is 2.42. The summed E-state index contributed by atoms with van der Waals surface area (Å²) in [5.74, 6) is -1.81. The van der Waals surface area contributed by atoms with E-state index in [2.05, 4.69) is 5.32 Å². The molecule has 0 spiro atoms. The number of alkyl halides is 3. The molecule has 0 fully saturated rings. The van der Waals surface area contributed by atoms with Crippen LogP contribution in [0, 0.1) is 5.82 Å². The number of hydrogen-bond donors (Lipinski definition) is 1. The zero-order valence-corrected chi connectivity index (χ0v) is 11.9.